The Balaban J connectivity index is 1.87. The summed E-state index contributed by atoms with van der Waals surface area (Å²) in [6.07, 6.45) is 1.26. The van der Waals surface area contributed by atoms with Gasteiger partial charge in [0.1, 0.15) is 0 Å². The van der Waals surface area contributed by atoms with Gasteiger partial charge in [-0.1, -0.05) is 0 Å². The zero-order valence-electron chi connectivity index (χ0n) is 9.31. The lowest BCUT2D eigenvalue weighted by atomic mass is 10.2. The Morgan fingerprint density at radius 1 is 1.67 bits per heavy atom. The van der Waals surface area contributed by atoms with Crippen LogP contribution in [-0.4, -0.2) is 48.0 Å². The van der Waals surface area contributed by atoms with Crippen molar-refractivity contribution in [3.05, 3.63) is 11.1 Å². The minimum absolute atomic E-state index is 0.674. The molecule has 4 nitrogen and oxygen atoms in total. The molecule has 0 saturated carbocycles. The minimum Gasteiger partial charge on any atom is -0.375 e. The topological polar surface area (TPSA) is 45.4 Å². The second kappa shape index (κ2) is 4.47. The number of hydrogen-bond donors (Lipinski definition) is 1. The molecule has 0 amide bonds. The molecule has 2 N–H and O–H groups in total. The summed E-state index contributed by atoms with van der Waals surface area (Å²) >= 11 is 1.52. The smallest absolute Gasteiger partial charge is 0.180 e. The van der Waals surface area contributed by atoms with Gasteiger partial charge in [-0.25, -0.2) is 4.98 Å². The highest BCUT2D eigenvalue weighted by Gasteiger charge is 2.24. The second-order valence-corrected chi connectivity index (χ2v) is 5.21. The lowest BCUT2D eigenvalue weighted by Crippen LogP contribution is -2.31. The molecule has 0 aliphatic carbocycles. The van der Waals surface area contributed by atoms with E-state index < -0.39 is 0 Å². The van der Waals surface area contributed by atoms with E-state index in [4.69, 9.17) is 5.73 Å². The molecule has 0 unspecified atom stereocenters. The number of likely N-dealkylation sites (tertiary alicyclic amines) is 1. The van der Waals surface area contributed by atoms with Gasteiger partial charge in [0.15, 0.2) is 5.13 Å². The number of anilines is 1. The molecule has 1 aromatic heterocycles. The average molecular weight is 226 g/mol. The number of aromatic nitrogens is 1. The molecule has 1 aliphatic heterocycles. The third-order valence-corrected chi connectivity index (χ3v) is 3.66. The van der Waals surface area contributed by atoms with Gasteiger partial charge in [-0.15, -0.1) is 11.3 Å². The van der Waals surface area contributed by atoms with Crippen LogP contribution in [0.5, 0.6) is 0 Å². The molecule has 0 aromatic carbocycles. The highest BCUT2D eigenvalue weighted by atomic mass is 32.1. The fourth-order valence-corrected chi connectivity index (χ4v) is 2.56. The van der Waals surface area contributed by atoms with Crippen LogP contribution in [0.25, 0.3) is 0 Å². The first kappa shape index (κ1) is 10.9. The zero-order chi connectivity index (χ0) is 10.8. The summed E-state index contributed by atoms with van der Waals surface area (Å²) in [5.41, 5.74) is 6.72. The van der Waals surface area contributed by atoms with Crippen molar-refractivity contribution in [1.82, 2.24) is 14.8 Å². The predicted octanol–water partition coefficient (Wildman–Crippen LogP) is 0.861. The van der Waals surface area contributed by atoms with E-state index in [9.17, 15) is 0 Å². The summed E-state index contributed by atoms with van der Waals surface area (Å²) in [6.45, 7) is 3.25. The first-order chi connectivity index (χ1) is 7.15. The quantitative estimate of drug-likeness (QED) is 0.830. The normalized spacial score (nSPS) is 22.7. The van der Waals surface area contributed by atoms with Gasteiger partial charge < -0.3 is 10.6 Å². The first-order valence-electron chi connectivity index (χ1n) is 5.24. The van der Waals surface area contributed by atoms with Crippen LogP contribution in [0.3, 0.4) is 0 Å². The number of rotatable bonds is 3. The highest BCUT2D eigenvalue weighted by molar-refractivity contribution is 7.13. The summed E-state index contributed by atoms with van der Waals surface area (Å²) in [7, 11) is 4.30. The molecule has 5 heteroatoms. The Morgan fingerprint density at radius 2 is 2.47 bits per heavy atom. The van der Waals surface area contributed by atoms with Crippen molar-refractivity contribution < 1.29 is 0 Å². The maximum absolute atomic E-state index is 5.61. The predicted molar refractivity (Wildman–Crippen MR) is 63.9 cm³/mol. The van der Waals surface area contributed by atoms with Gasteiger partial charge in [0.25, 0.3) is 0 Å². The van der Waals surface area contributed by atoms with Crippen molar-refractivity contribution in [2.24, 2.45) is 0 Å². The molecule has 1 aliphatic rings. The fourth-order valence-electron chi connectivity index (χ4n) is 2.00. The molecule has 0 radical (unpaired) electrons. The maximum atomic E-state index is 5.61. The highest BCUT2D eigenvalue weighted by Crippen LogP contribution is 2.18. The number of likely N-dealkylation sites (N-methyl/N-ethyl adjacent to an activating group) is 1. The Bertz CT molecular complexity index is 323. The van der Waals surface area contributed by atoms with Crippen LogP contribution < -0.4 is 5.73 Å². The van der Waals surface area contributed by atoms with Crippen LogP contribution in [0.15, 0.2) is 5.38 Å². The molecule has 84 valence electrons. The molecule has 1 fully saturated rings. The molecule has 1 saturated heterocycles. The summed E-state index contributed by atoms with van der Waals surface area (Å²) in [6, 6.07) is 0.695. The molecular formula is C10H18N4S. The maximum Gasteiger partial charge on any atom is 0.180 e. The first-order valence-corrected chi connectivity index (χ1v) is 6.12. The SMILES string of the molecule is CN(C)[C@@H]1CCN(Cc2csc(N)n2)C1. The number of thiazole rings is 1. The summed E-state index contributed by atoms with van der Waals surface area (Å²) in [5.74, 6) is 0. The second-order valence-electron chi connectivity index (χ2n) is 4.32. The van der Waals surface area contributed by atoms with Crippen molar-refractivity contribution >= 4 is 16.5 Å². The third kappa shape index (κ3) is 2.68. The average Bonchev–Trinajstić information content (AvgIpc) is 2.76. The lowest BCUT2D eigenvalue weighted by molar-refractivity contribution is 0.263. The van der Waals surface area contributed by atoms with E-state index in [2.05, 4.69) is 34.3 Å². The van der Waals surface area contributed by atoms with Crippen LogP contribution in [0, 0.1) is 0 Å². The van der Waals surface area contributed by atoms with Gasteiger partial charge in [-0.3, -0.25) is 4.90 Å². The van der Waals surface area contributed by atoms with Crippen LogP contribution in [0.1, 0.15) is 12.1 Å². The molecule has 0 bridgehead atoms. The number of nitrogens with zero attached hydrogens (tertiary/aromatic N) is 3. The van der Waals surface area contributed by atoms with Gasteiger partial charge in [-0.05, 0) is 20.5 Å². The van der Waals surface area contributed by atoms with Crippen molar-refractivity contribution in [1.29, 1.82) is 0 Å². The molecular weight excluding hydrogens is 208 g/mol. The van der Waals surface area contributed by atoms with Crippen LogP contribution in [-0.2, 0) is 6.54 Å². The number of nitrogen functional groups attached to an aromatic ring is 1. The van der Waals surface area contributed by atoms with Crippen LogP contribution in [0.2, 0.25) is 0 Å². The molecule has 1 atom stereocenters. The Hall–Kier alpha value is -0.650. The third-order valence-electron chi connectivity index (χ3n) is 2.93. The lowest BCUT2D eigenvalue weighted by Gasteiger charge is -2.19. The summed E-state index contributed by atoms with van der Waals surface area (Å²) < 4.78 is 0. The number of nitrogens with two attached hydrogens (primary N) is 1. The molecule has 2 rings (SSSR count). The van der Waals surface area contributed by atoms with E-state index in [1.807, 2.05) is 0 Å². The van der Waals surface area contributed by atoms with Crippen LogP contribution in [0.4, 0.5) is 5.13 Å². The van der Waals surface area contributed by atoms with Crippen molar-refractivity contribution in [2.75, 3.05) is 32.9 Å². The van der Waals surface area contributed by atoms with Gasteiger partial charge in [-0.2, -0.15) is 0 Å². The molecule has 15 heavy (non-hydrogen) atoms. The Labute approximate surface area is 94.7 Å². The Morgan fingerprint density at radius 3 is 3.00 bits per heavy atom. The molecule has 2 heterocycles. The standard InChI is InChI=1S/C10H18N4S/c1-13(2)9-3-4-14(6-9)5-8-7-15-10(11)12-8/h7,9H,3-6H2,1-2H3,(H2,11,12)/t9-/m1/s1. The van der Waals surface area contributed by atoms with Crippen molar-refractivity contribution in [3.8, 4) is 0 Å². The fraction of sp³-hybridized carbons (Fsp3) is 0.700. The summed E-state index contributed by atoms with van der Waals surface area (Å²) in [5, 5.41) is 2.73. The zero-order valence-corrected chi connectivity index (χ0v) is 10.1. The van der Waals surface area contributed by atoms with E-state index >= 15 is 0 Å². The van der Waals surface area contributed by atoms with E-state index in [1.165, 1.54) is 24.3 Å². The van der Waals surface area contributed by atoms with Gasteiger partial charge >= 0.3 is 0 Å². The number of hydrogen-bond acceptors (Lipinski definition) is 5. The monoisotopic (exact) mass is 226 g/mol. The van der Waals surface area contributed by atoms with E-state index in [0.717, 1.165) is 18.8 Å². The van der Waals surface area contributed by atoms with Crippen molar-refractivity contribution in [2.45, 2.75) is 19.0 Å². The van der Waals surface area contributed by atoms with E-state index in [1.54, 1.807) is 0 Å². The van der Waals surface area contributed by atoms with E-state index in [0.29, 0.717) is 11.2 Å². The van der Waals surface area contributed by atoms with Gasteiger partial charge in [0.05, 0.1) is 5.69 Å². The largest absolute Gasteiger partial charge is 0.375 e. The van der Waals surface area contributed by atoms with E-state index in [-0.39, 0.29) is 0 Å². The van der Waals surface area contributed by atoms with Crippen LogP contribution >= 0.6 is 11.3 Å². The Kier molecular flexibility index (Phi) is 3.23. The minimum atomic E-state index is 0.674. The van der Waals surface area contributed by atoms with Gasteiger partial charge in [0, 0.05) is 31.1 Å². The summed E-state index contributed by atoms with van der Waals surface area (Å²) in [4.78, 5) is 9.03. The molecule has 1 aromatic rings. The van der Waals surface area contributed by atoms with Gasteiger partial charge in [0.2, 0.25) is 0 Å². The van der Waals surface area contributed by atoms with Crippen molar-refractivity contribution in [3.63, 3.8) is 0 Å². The molecule has 0 spiro atoms.